The van der Waals surface area contributed by atoms with Crippen molar-refractivity contribution in [3.05, 3.63) is 120 Å². The van der Waals surface area contributed by atoms with E-state index in [1.165, 1.54) is 40.2 Å². The Balaban J connectivity index is 1.28. The van der Waals surface area contributed by atoms with Gasteiger partial charge in [0.25, 0.3) is 8.32 Å². The van der Waals surface area contributed by atoms with Crippen molar-refractivity contribution in [2.24, 2.45) is 0 Å². The van der Waals surface area contributed by atoms with Gasteiger partial charge >= 0.3 is 5.97 Å². The summed E-state index contributed by atoms with van der Waals surface area (Å²) in [5, 5.41) is 11.5. The largest absolute Gasteiger partial charge is 0.486 e. The number of carboxylic acid groups (broad SMARTS) is 1. The number of carbonyl (C=O) groups is 2. The lowest BCUT2D eigenvalue weighted by Gasteiger charge is -2.43. The molecule has 42 heavy (non-hydrogen) atoms. The Kier molecular flexibility index (Phi) is 10.3. The van der Waals surface area contributed by atoms with E-state index in [1.807, 2.05) is 24.3 Å². The quantitative estimate of drug-likeness (QED) is 0.147. The normalized spacial score (nSPS) is 11.6. The van der Waals surface area contributed by atoms with Crippen LogP contribution in [-0.2, 0) is 15.6 Å². The van der Waals surface area contributed by atoms with E-state index in [4.69, 9.17) is 19.0 Å². The van der Waals surface area contributed by atoms with E-state index in [0.717, 1.165) is 12.8 Å². The lowest BCUT2D eigenvalue weighted by Crippen LogP contribution is -2.66. The van der Waals surface area contributed by atoms with Crippen LogP contribution >= 0.6 is 0 Å². The van der Waals surface area contributed by atoms with Gasteiger partial charge in [0.15, 0.2) is 0 Å². The molecule has 0 unspecified atom stereocenters. The SMILES string of the molecule is CC(C)(C)[Si](OCCCc1ccc(OCC(=O)COc2ccc(C(=O)O)cc2)cc1)(c1ccccc1)c1ccccc1. The monoisotopic (exact) mass is 582 g/mol. The number of carboxylic acids is 1. The summed E-state index contributed by atoms with van der Waals surface area (Å²) in [6.45, 7) is 7.24. The molecule has 0 amide bonds. The summed E-state index contributed by atoms with van der Waals surface area (Å²) < 4.78 is 18.1. The van der Waals surface area contributed by atoms with E-state index < -0.39 is 14.3 Å². The van der Waals surface area contributed by atoms with Crippen molar-refractivity contribution >= 4 is 30.4 Å². The average molecular weight is 583 g/mol. The molecule has 4 aromatic carbocycles. The van der Waals surface area contributed by atoms with Gasteiger partial charge in [-0.15, -0.1) is 0 Å². The van der Waals surface area contributed by atoms with Crippen molar-refractivity contribution in [3.8, 4) is 11.5 Å². The minimum absolute atomic E-state index is 0.0534. The Labute approximate surface area is 249 Å². The van der Waals surface area contributed by atoms with Crippen molar-refractivity contribution in [3.63, 3.8) is 0 Å². The van der Waals surface area contributed by atoms with Gasteiger partial charge in [0.2, 0.25) is 5.78 Å². The summed E-state index contributed by atoms with van der Waals surface area (Å²) in [7, 11) is -2.54. The molecule has 0 saturated carbocycles. The molecule has 0 heterocycles. The van der Waals surface area contributed by atoms with E-state index in [1.54, 1.807) is 0 Å². The zero-order chi connectivity index (χ0) is 30.0. The summed E-state index contributed by atoms with van der Waals surface area (Å²) in [5.41, 5.74) is 1.33. The summed E-state index contributed by atoms with van der Waals surface area (Å²) in [6.07, 6.45) is 1.75. The van der Waals surface area contributed by atoms with Crippen LogP contribution in [0.3, 0.4) is 0 Å². The van der Waals surface area contributed by atoms with Gasteiger partial charge in [-0.1, -0.05) is 93.6 Å². The highest BCUT2D eigenvalue weighted by atomic mass is 28.4. The molecule has 0 aliphatic heterocycles. The maximum atomic E-state index is 12.2. The van der Waals surface area contributed by atoms with Gasteiger partial charge in [-0.2, -0.15) is 0 Å². The van der Waals surface area contributed by atoms with Crippen LogP contribution in [0.25, 0.3) is 0 Å². The fourth-order valence-corrected chi connectivity index (χ4v) is 9.68. The van der Waals surface area contributed by atoms with E-state index in [9.17, 15) is 9.59 Å². The van der Waals surface area contributed by atoms with Crippen LogP contribution in [0.5, 0.6) is 11.5 Å². The minimum atomic E-state index is -2.54. The Bertz CT molecular complexity index is 1390. The number of benzene rings is 4. The molecule has 7 heteroatoms. The Morgan fingerprint density at radius 3 is 1.62 bits per heavy atom. The summed E-state index contributed by atoms with van der Waals surface area (Å²) in [5.74, 6) is -0.194. The lowest BCUT2D eigenvalue weighted by molar-refractivity contribution is -0.123. The molecule has 4 rings (SSSR count). The summed E-state index contributed by atoms with van der Waals surface area (Å²) in [4.78, 5) is 23.1. The Morgan fingerprint density at radius 2 is 1.17 bits per heavy atom. The van der Waals surface area contributed by atoms with Crippen molar-refractivity contribution < 1.29 is 28.6 Å². The number of ketones is 1. The van der Waals surface area contributed by atoms with Crippen LogP contribution in [-0.4, -0.2) is 45.0 Å². The van der Waals surface area contributed by atoms with Crippen LogP contribution in [0.4, 0.5) is 0 Å². The van der Waals surface area contributed by atoms with Gasteiger partial charge in [-0.3, -0.25) is 4.79 Å². The predicted octanol–water partition coefficient (Wildman–Crippen LogP) is 5.92. The van der Waals surface area contributed by atoms with Crippen molar-refractivity contribution in [2.45, 2.75) is 38.7 Å². The van der Waals surface area contributed by atoms with E-state index in [-0.39, 0.29) is 29.6 Å². The molecule has 0 saturated heterocycles. The highest BCUT2D eigenvalue weighted by Gasteiger charge is 2.49. The zero-order valence-corrected chi connectivity index (χ0v) is 25.4. The van der Waals surface area contributed by atoms with Gasteiger partial charge in [0.05, 0.1) is 5.56 Å². The Hall–Kier alpha value is -4.20. The molecule has 0 fully saturated rings. The molecule has 0 atom stereocenters. The number of aromatic carboxylic acids is 1. The van der Waals surface area contributed by atoms with E-state index >= 15 is 0 Å². The van der Waals surface area contributed by atoms with E-state index in [2.05, 4.69) is 81.4 Å². The van der Waals surface area contributed by atoms with Gasteiger partial charge in [-0.25, -0.2) is 4.79 Å². The van der Waals surface area contributed by atoms with Crippen LogP contribution in [0, 0.1) is 0 Å². The fraction of sp³-hybridized carbons (Fsp3) is 0.257. The number of hydrogen-bond acceptors (Lipinski definition) is 5. The molecule has 0 aromatic heterocycles. The average Bonchev–Trinajstić information content (AvgIpc) is 3.00. The molecule has 1 N–H and O–H groups in total. The number of hydrogen-bond donors (Lipinski definition) is 1. The highest BCUT2D eigenvalue weighted by molar-refractivity contribution is 6.99. The number of aryl methyl sites for hydroxylation is 1. The molecule has 218 valence electrons. The first-order valence-corrected chi connectivity index (χ1v) is 16.0. The Morgan fingerprint density at radius 1 is 0.690 bits per heavy atom. The maximum absolute atomic E-state index is 12.2. The smallest absolute Gasteiger partial charge is 0.335 e. The van der Waals surface area contributed by atoms with Gasteiger partial charge in [-0.05, 0) is 70.2 Å². The number of Topliss-reactive ketones (excluding diaryl/α,β-unsaturated/α-hetero) is 1. The van der Waals surface area contributed by atoms with Gasteiger partial charge in [0.1, 0.15) is 24.7 Å². The second kappa shape index (κ2) is 14.1. The minimum Gasteiger partial charge on any atom is -0.486 e. The number of carbonyl (C=O) groups excluding carboxylic acids is 1. The lowest BCUT2D eigenvalue weighted by atomic mass is 10.1. The second-order valence-corrected chi connectivity index (χ2v) is 15.5. The standard InChI is InChI=1S/C35H38O6Si/c1-35(2,3)42(32-12-6-4-7-13-32,33-14-8-5-9-15-33)41-24-10-11-27-16-20-30(21-17-27)39-25-29(36)26-40-31-22-18-28(19-23-31)34(37)38/h4-9,12-23H,10-11,24-26H2,1-3H3,(H,37,38). The zero-order valence-electron chi connectivity index (χ0n) is 24.4. The third-order valence-electron chi connectivity index (χ3n) is 7.17. The van der Waals surface area contributed by atoms with Crippen molar-refractivity contribution in [1.82, 2.24) is 0 Å². The fourth-order valence-electron chi connectivity index (χ4n) is 5.08. The molecule has 4 aromatic rings. The third-order valence-corrected chi connectivity index (χ3v) is 12.2. The molecule has 0 bridgehead atoms. The molecular formula is C35H38O6Si. The van der Waals surface area contributed by atoms with E-state index in [0.29, 0.717) is 18.1 Å². The molecule has 6 nitrogen and oxygen atoms in total. The first-order valence-electron chi connectivity index (χ1n) is 14.1. The highest BCUT2D eigenvalue weighted by Crippen LogP contribution is 2.36. The van der Waals surface area contributed by atoms with Crippen LogP contribution < -0.4 is 19.8 Å². The molecule has 0 aliphatic carbocycles. The molecule has 0 aliphatic rings. The van der Waals surface area contributed by atoms with Gasteiger partial charge < -0.3 is 19.0 Å². The third kappa shape index (κ3) is 7.75. The van der Waals surface area contributed by atoms with Crippen LogP contribution in [0.2, 0.25) is 5.04 Å². The topological polar surface area (TPSA) is 82.1 Å². The van der Waals surface area contributed by atoms with Crippen molar-refractivity contribution in [2.75, 3.05) is 19.8 Å². The van der Waals surface area contributed by atoms with Crippen LogP contribution in [0.1, 0.15) is 43.1 Å². The van der Waals surface area contributed by atoms with Crippen molar-refractivity contribution in [1.29, 1.82) is 0 Å². The molecular weight excluding hydrogens is 544 g/mol. The second-order valence-electron chi connectivity index (χ2n) is 11.2. The molecule has 0 radical (unpaired) electrons. The summed E-state index contributed by atoms with van der Waals surface area (Å²) >= 11 is 0. The van der Waals surface area contributed by atoms with Crippen LogP contribution in [0.15, 0.2) is 109 Å². The number of ether oxygens (including phenoxy) is 2. The van der Waals surface area contributed by atoms with Gasteiger partial charge in [0, 0.05) is 6.61 Å². The first-order chi connectivity index (χ1) is 20.2. The maximum Gasteiger partial charge on any atom is 0.335 e. The first kappa shape index (κ1) is 30.7. The number of rotatable bonds is 14. The predicted molar refractivity (Wildman–Crippen MR) is 168 cm³/mol. The summed E-state index contributed by atoms with van der Waals surface area (Å²) in [6, 6.07) is 35.0. The molecule has 0 spiro atoms.